The molecule has 18 heavy (non-hydrogen) atoms. The highest BCUT2D eigenvalue weighted by atomic mass is 16.2. The van der Waals surface area contributed by atoms with E-state index in [4.69, 9.17) is 5.73 Å². The molecule has 104 valence electrons. The average molecular weight is 255 g/mol. The van der Waals surface area contributed by atoms with Gasteiger partial charge in [-0.05, 0) is 19.3 Å². The molecule has 0 aromatic carbocycles. The van der Waals surface area contributed by atoms with Crippen LogP contribution in [0.3, 0.4) is 0 Å². The van der Waals surface area contributed by atoms with Crippen LogP contribution in [0.2, 0.25) is 0 Å². The lowest BCUT2D eigenvalue weighted by Crippen LogP contribution is -2.43. The lowest BCUT2D eigenvalue weighted by molar-refractivity contribution is -0.134. The van der Waals surface area contributed by atoms with Crippen LogP contribution in [0.25, 0.3) is 0 Å². The molecule has 0 bridgehead atoms. The average Bonchev–Trinajstić information content (AvgIpc) is 2.37. The topological polar surface area (TPSA) is 75.4 Å². The lowest BCUT2D eigenvalue weighted by atomic mass is 10.1. The number of amides is 2. The molecule has 1 saturated heterocycles. The predicted octanol–water partition coefficient (Wildman–Crippen LogP) is 0.633. The van der Waals surface area contributed by atoms with Crippen LogP contribution < -0.4 is 11.1 Å². The summed E-state index contributed by atoms with van der Waals surface area (Å²) in [7, 11) is 0. The number of likely N-dealkylation sites (tertiary alicyclic amines) is 1. The smallest absolute Gasteiger partial charge is 0.223 e. The first-order valence-corrected chi connectivity index (χ1v) is 6.93. The maximum Gasteiger partial charge on any atom is 0.223 e. The minimum Gasteiger partial charge on any atom is -0.356 e. The molecule has 2 amide bonds. The van der Waals surface area contributed by atoms with Gasteiger partial charge in [0.15, 0.2) is 0 Å². The molecule has 1 heterocycles. The molecule has 0 aromatic rings. The monoisotopic (exact) mass is 255 g/mol. The Balaban J connectivity index is 2.14. The van der Waals surface area contributed by atoms with E-state index >= 15 is 0 Å². The Bertz CT molecular complexity index is 273. The molecule has 1 rings (SSSR count). The summed E-state index contributed by atoms with van der Waals surface area (Å²) in [6.07, 6.45) is 4.40. The predicted molar refractivity (Wildman–Crippen MR) is 70.9 cm³/mol. The van der Waals surface area contributed by atoms with E-state index in [0.29, 0.717) is 19.4 Å². The molecule has 0 radical (unpaired) electrons. The molecule has 0 aromatic heterocycles. The minimum atomic E-state index is -0.0227. The standard InChI is InChI=1S/C13H25N3O2/c1-2-3-8-15-12(17)4-5-13(18)16-9-6-11(14)7-10-16/h11H,2-10,14H2,1H3,(H,15,17). The normalized spacial score (nSPS) is 16.7. The van der Waals surface area contributed by atoms with E-state index in [2.05, 4.69) is 12.2 Å². The molecule has 0 aliphatic carbocycles. The fourth-order valence-electron chi connectivity index (χ4n) is 2.02. The van der Waals surface area contributed by atoms with Crippen LogP contribution in [0.1, 0.15) is 45.4 Å². The van der Waals surface area contributed by atoms with Gasteiger partial charge in [-0.2, -0.15) is 0 Å². The van der Waals surface area contributed by atoms with Crippen molar-refractivity contribution < 1.29 is 9.59 Å². The van der Waals surface area contributed by atoms with Gasteiger partial charge in [0, 0.05) is 38.5 Å². The van der Waals surface area contributed by atoms with Crippen LogP contribution in [0.15, 0.2) is 0 Å². The van der Waals surface area contributed by atoms with E-state index in [0.717, 1.165) is 38.8 Å². The fourth-order valence-corrected chi connectivity index (χ4v) is 2.02. The van der Waals surface area contributed by atoms with Crippen LogP contribution in [-0.2, 0) is 9.59 Å². The first-order valence-electron chi connectivity index (χ1n) is 6.93. The maximum atomic E-state index is 11.8. The Kier molecular flexibility index (Phi) is 6.72. The molecule has 1 aliphatic heterocycles. The van der Waals surface area contributed by atoms with Gasteiger partial charge in [-0.3, -0.25) is 9.59 Å². The Hall–Kier alpha value is -1.10. The van der Waals surface area contributed by atoms with Crippen LogP contribution in [-0.4, -0.2) is 42.4 Å². The Morgan fingerprint density at radius 2 is 1.94 bits per heavy atom. The molecule has 5 nitrogen and oxygen atoms in total. The van der Waals surface area contributed by atoms with Gasteiger partial charge < -0.3 is 16.0 Å². The number of carbonyl (C=O) groups is 2. The third-order valence-corrected chi connectivity index (χ3v) is 3.31. The van der Waals surface area contributed by atoms with E-state index in [1.165, 1.54) is 0 Å². The highest BCUT2D eigenvalue weighted by Gasteiger charge is 2.20. The fraction of sp³-hybridized carbons (Fsp3) is 0.846. The van der Waals surface area contributed by atoms with Crippen molar-refractivity contribution in [2.45, 2.75) is 51.5 Å². The van der Waals surface area contributed by atoms with Crippen molar-refractivity contribution >= 4 is 11.8 Å². The van der Waals surface area contributed by atoms with Gasteiger partial charge in [0.1, 0.15) is 0 Å². The van der Waals surface area contributed by atoms with Gasteiger partial charge in [0.2, 0.25) is 11.8 Å². The van der Waals surface area contributed by atoms with Crippen molar-refractivity contribution in [2.24, 2.45) is 5.73 Å². The van der Waals surface area contributed by atoms with Crippen molar-refractivity contribution in [3.8, 4) is 0 Å². The van der Waals surface area contributed by atoms with Gasteiger partial charge in [0.25, 0.3) is 0 Å². The minimum absolute atomic E-state index is 0.0227. The van der Waals surface area contributed by atoms with Crippen molar-refractivity contribution in [1.29, 1.82) is 0 Å². The summed E-state index contributed by atoms with van der Waals surface area (Å²) in [5.74, 6) is 0.0538. The van der Waals surface area contributed by atoms with E-state index in [9.17, 15) is 9.59 Å². The Morgan fingerprint density at radius 1 is 1.28 bits per heavy atom. The largest absolute Gasteiger partial charge is 0.356 e. The molecule has 5 heteroatoms. The zero-order valence-electron chi connectivity index (χ0n) is 11.3. The molecular weight excluding hydrogens is 230 g/mol. The zero-order chi connectivity index (χ0) is 13.4. The van der Waals surface area contributed by atoms with E-state index in [1.807, 2.05) is 4.90 Å². The number of hydrogen-bond acceptors (Lipinski definition) is 3. The molecule has 0 unspecified atom stereocenters. The van der Waals surface area contributed by atoms with Crippen molar-refractivity contribution in [2.75, 3.05) is 19.6 Å². The zero-order valence-corrected chi connectivity index (χ0v) is 11.3. The van der Waals surface area contributed by atoms with Crippen LogP contribution in [0.4, 0.5) is 0 Å². The number of piperidine rings is 1. The summed E-state index contributed by atoms with van der Waals surface area (Å²) in [4.78, 5) is 25.1. The van der Waals surface area contributed by atoms with Gasteiger partial charge in [-0.25, -0.2) is 0 Å². The maximum absolute atomic E-state index is 11.8. The second-order valence-electron chi connectivity index (χ2n) is 4.92. The van der Waals surface area contributed by atoms with Gasteiger partial charge >= 0.3 is 0 Å². The van der Waals surface area contributed by atoms with Crippen molar-refractivity contribution in [3.05, 3.63) is 0 Å². The lowest BCUT2D eigenvalue weighted by Gasteiger charge is -2.30. The Labute approximate surface area is 109 Å². The van der Waals surface area contributed by atoms with Crippen molar-refractivity contribution in [3.63, 3.8) is 0 Å². The number of unbranched alkanes of at least 4 members (excludes halogenated alkanes) is 1. The SMILES string of the molecule is CCCCNC(=O)CCC(=O)N1CCC(N)CC1. The molecule has 3 N–H and O–H groups in total. The summed E-state index contributed by atoms with van der Waals surface area (Å²) in [5, 5.41) is 2.82. The summed E-state index contributed by atoms with van der Waals surface area (Å²) in [5.41, 5.74) is 5.79. The molecule has 0 spiro atoms. The number of nitrogens with zero attached hydrogens (tertiary/aromatic N) is 1. The third kappa shape index (κ3) is 5.49. The first kappa shape index (κ1) is 15.0. The second-order valence-corrected chi connectivity index (χ2v) is 4.92. The van der Waals surface area contributed by atoms with Gasteiger partial charge in [0.05, 0.1) is 0 Å². The molecule has 1 fully saturated rings. The van der Waals surface area contributed by atoms with Crippen LogP contribution in [0, 0.1) is 0 Å². The number of rotatable bonds is 6. The number of nitrogens with two attached hydrogens (primary N) is 1. The summed E-state index contributed by atoms with van der Waals surface area (Å²) < 4.78 is 0. The van der Waals surface area contributed by atoms with E-state index in [1.54, 1.807) is 0 Å². The number of carbonyl (C=O) groups excluding carboxylic acids is 2. The highest BCUT2D eigenvalue weighted by Crippen LogP contribution is 2.10. The first-order chi connectivity index (χ1) is 8.63. The molecule has 0 saturated carbocycles. The quantitative estimate of drug-likeness (QED) is 0.684. The summed E-state index contributed by atoms with van der Waals surface area (Å²) >= 11 is 0. The highest BCUT2D eigenvalue weighted by molar-refractivity contribution is 5.83. The molecular formula is C13H25N3O2. The summed E-state index contributed by atoms with van der Waals surface area (Å²) in [6, 6.07) is 0.228. The Morgan fingerprint density at radius 3 is 2.56 bits per heavy atom. The number of hydrogen-bond donors (Lipinski definition) is 2. The summed E-state index contributed by atoms with van der Waals surface area (Å²) in [6.45, 7) is 4.26. The second kappa shape index (κ2) is 8.08. The van der Waals surface area contributed by atoms with Crippen LogP contribution >= 0.6 is 0 Å². The molecule has 1 aliphatic rings. The van der Waals surface area contributed by atoms with Gasteiger partial charge in [-0.15, -0.1) is 0 Å². The third-order valence-electron chi connectivity index (χ3n) is 3.31. The van der Waals surface area contributed by atoms with Crippen molar-refractivity contribution in [1.82, 2.24) is 10.2 Å². The van der Waals surface area contributed by atoms with E-state index in [-0.39, 0.29) is 17.9 Å². The van der Waals surface area contributed by atoms with E-state index < -0.39 is 0 Å². The molecule has 0 atom stereocenters. The van der Waals surface area contributed by atoms with Crippen LogP contribution in [0.5, 0.6) is 0 Å². The number of nitrogens with one attached hydrogen (secondary N) is 1. The van der Waals surface area contributed by atoms with Gasteiger partial charge in [-0.1, -0.05) is 13.3 Å².